The summed E-state index contributed by atoms with van der Waals surface area (Å²) in [5.41, 5.74) is 7.68. The lowest BCUT2D eigenvalue weighted by Crippen LogP contribution is -2.40. The lowest BCUT2D eigenvalue weighted by Gasteiger charge is -2.33. The van der Waals surface area contributed by atoms with Gasteiger partial charge in [-0.3, -0.25) is 4.90 Å². The second kappa shape index (κ2) is 7.09. The van der Waals surface area contributed by atoms with E-state index in [-0.39, 0.29) is 12.1 Å². The smallest absolute Gasteiger partial charge is 0.123 e. The minimum absolute atomic E-state index is 0.155. The van der Waals surface area contributed by atoms with Crippen LogP contribution in [-0.2, 0) is 0 Å². The second-order valence-electron chi connectivity index (χ2n) is 5.82. The first-order chi connectivity index (χ1) is 9.71. The molecule has 1 aliphatic rings. The van der Waals surface area contributed by atoms with Crippen LogP contribution >= 0.6 is 0 Å². The van der Waals surface area contributed by atoms with Crippen LogP contribution in [0.2, 0.25) is 0 Å². The molecule has 3 atom stereocenters. The summed E-state index contributed by atoms with van der Waals surface area (Å²) >= 11 is 0. The van der Waals surface area contributed by atoms with Crippen molar-refractivity contribution in [3.63, 3.8) is 0 Å². The molecule has 3 nitrogen and oxygen atoms in total. The Bertz CT molecular complexity index is 421. The fraction of sp³-hybridized carbons (Fsp3) is 0.647. The maximum absolute atomic E-state index is 6.44. The van der Waals surface area contributed by atoms with Crippen molar-refractivity contribution in [2.24, 2.45) is 11.7 Å². The second-order valence-corrected chi connectivity index (χ2v) is 5.82. The zero-order valence-corrected chi connectivity index (χ0v) is 13.0. The molecule has 0 radical (unpaired) electrons. The minimum atomic E-state index is 0.155. The zero-order chi connectivity index (χ0) is 14.5. The number of hydrogen-bond acceptors (Lipinski definition) is 3. The number of likely N-dealkylation sites (tertiary alicyclic amines) is 1. The van der Waals surface area contributed by atoms with E-state index in [1.165, 1.54) is 18.4 Å². The molecule has 1 aromatic rings. The van der Waals surface area contributed by atoms with E-state index in [9.17, 15) is 0 Å². The van der Waals surface area contributed by atoms with Crippen LogP contribution in [0.25, 0.3) is 0 Å². The number of rotatable bonds is 6. The standard InChI is InChI=1S/C17H28N2O/c1-4-13-10-11-19(12-13)17(15(18)5-2)14-8-6-7-9-16(14)20-3/h6-9,13,15,17H,4-5,10-12,18H2,1-3H3. The van der Waals surface area contributed by atoms with E-state index in [0.29, 0.717) is 0 Å². The van der Waals surface area contributed by atoms with Crippen molar-refractivity contribution in [2.45, 2.75) is 45.2 Å². The number of methoxy groups -OCH3 is 1. The first-order valence-electron chi connectivity index (χ1n) is 7.83. The maximum atomic E-state index is 6.44. The molecule has 0 aliphatic carbocycles. The monoisotopic (exact) mass is 276 g/mol. The molecule has 1 saturated heterocycles. The molecule has 0 amide bonds. The molecule has 0 aromatic heterocycles. The summed E-state index contributed by atoms with van der Waals surface area (Å²) in [5.74, 6) is 1.78. The first kappa shape index (κ1) is 15.3. The minimum Gasteiger partial charge on any atom is -0.496 e. The number of nitrogens with two attached hydrogens (primary N) is 1. The summed E-state index contributed by atoms with van der Waals surface area (Å²) in [6.07, 6.45) is 3.53. The summed E-state index contributed by atoms with van der Waals surface area (Å²) < 4.78 is 5.55. The van der Waals surface area contributed by atoms with E-state index in [1.54, 1.807) is 7.11 Å². The van der Waals surface area contributed by atoms with E-state index < -0.39 is 0 Å². The Morgan fingerprint density at radius 2 is 2.10 bits per heavy atom. The van der Waals surface area contributed by atoms with Gasteiger partial charge < -0.3 is 10.5 Å². The summed E-state index contributed by atoms with van der Waals surface area (Å²) in [6, 6.07) is 8.74. The largest absolute Gasteiger partial charge is 0.496 e. The molecule has 1 aromatic carbocycles. The molecular formula is C17H28N2O. The number of nitrogens with zero attached hydrogens (tertiary/aromatic N) is 1. The Labute approximate surface area is 123 Å². The lowest BCUT2D eigenvalue weighted by atomic mass is 9.95. The van der Waals surface area contributed by atoms with Crippen LogP contribution in [0.5, 0.6) is 5.75 Å². The summed E-state index contributed by atoms with van der Waals surface area (Å²) in [4.78, 5) is 2.56. The van der Waals surface area contributed by atoms with Gasteiger partial charge in [-0.05, 0) is 31.4 Å². The third kappa shape index (κ3) is 3.15. The summed E-state index contributed by atoms with van der Waals surface area (Å²) in [7, 11) is 1.74. The normalized spacial score (nSPS) is 22.7. The van der Waals surface area contributed by atoms with Crippen molar-refractivity contribution in [2.75, 3.05) is 20.2 Å². The van der Waals surface area contributed by atoms with Crippen LogP contribution in [0.3, 0.4) is 0 Å². The predicted octanol–water partition coefficient (Wildman–Crippen LogP) is 3.21. The highest BCUT2D eigenvalue weighted by atomic mass is 16.5. The molecule has 1 aliphatic heterocycles. The van der Waals surface area contributed by atoms with E-state index in [0.717, 1.165) is 31.2 Å². The quantitative estimate of drug-likeness (QED) is 0.867. The van der Waals surface area contributed by atoms with Crippen molar-refractivity contribution in [1.29, 1.82) is 0 Å². The molecule has 0 spiro atoms. The van der Waals surface area contributed by atoms with Crippen molar-refractivity contribution in [3.05, 3.63) is 29.8 Å². The zero-order valence-electron chi connectivity index (χ0n) is 13.0. The molecule has 112 valence electrons. The topological polar surface area (TPSA) is 38.5 Å². The van der Waals surface area contributed by atoms with Gasteiger partial charge in [-0.25, -0.2) is 0 Å². The van der Waals surface area contributed by atoms with Gasteiger partial charge in [0.2, 0.25) is 0 Å². The molecule has 3 unspecified atom stereocenters. The summed E-state index contributed by atoms with van der Waals surface area (Å²) in [5, 5.41) is 0. The van der Waals surface area contributed by atoms with Crippen molar-refractivity contribution in [1.82, 2.24) is 4.90 Å². The van der Waals surface area contributed by atoms with Crippen molar-refractivity contribution in [3.8, 4) is 5.75 Å². The van der Waals surface area contributed by atoms with E-state index in [1.807, 2.05) is 12.1 Å². The van der Waals surface area contributed by atoms with Gasteiger partial charge in [0.1, 0.15) is 5.75 Å². The molecule has 2 N–H and O–H groups in total. The highest BCUT2D eigenvalue weighted by Gasteiger charge is 2.32. The van der Waals surface area contributed by atoms with Crippen LogP contribution in [0.15, 0.2) is 24.3 Å². The van der Waals surface area contributed by atoms with Gasteiger partial charge >= 0.3 is 0 Å². The van der Waals surface area contributed by atoms with Crippen LogP contribution in [0.1, 0.15) is 44.7 Å². The Morgan fingerprint density at radius 1 is 1.35 bits per heavy atom. The van der Waals surface area contributed by atoms with Crippen LogP contribution in [-0.4, -0.2) is 31.1 Å². The third-order valence-electron chi connectivity index (χ3n) is 4.62. The predicted molar refractivity (Wildman–Crippen MR) is 84.0 cm³/mol. The molecule has 20 heavy (non-hydrogen) atoms. The highest BCUT2D eigenvalue weighted by Crippen LogP contribution is 2.35. The number of ether oxygens (including phenoxy) is 1. The Morgan fingerprint density at radius 3 is 2.70 bits per heavy atom. The molecule has 1 heterocycles. The van der Waals surface area contributed by atoms with Gasteiger partial charge in [-0.15, -0.1) is 0 Å². The van der Waals surface area contributed by atoms with Gasteiger partial charge in [-0.2, -0.15) is 0 Å². The van der Waals surface area contributed by atoms with Crippen molar-refractivity contribution >= 4 is 0 Å². The Hall–Kier alpha value is -1.06. The number of benzene rings is 1. The van der Waals surface area contributed by atoms with E-state index in [2.05, 4.69) is 30.9 Å². The average Bonchev–Trinajstić information content (AvgIpc) is 2.96. The molecular weight excluding hydrogens is 248 g/mol. The van der Waals surface area contributed by atoms with E-state index in [4.69, 9.17) is 10.5 Å². The molecule has 0 saturated carbocycles. The van der Waals surface area contributed by atoms with Gasteiger partial charge in [0.15, 0.2) is 0 Å². The fourth-order valence-electron chi connectivity index (χ4n) is 3.28. The Balaban J connectivity index is 2.28. The van der Waals surface area contributed by atoms with Crippen molar-refractivity contribution < 1.29 is 4.74 Å². The molecule has 1 fully saturated rings. The van der Waals surface area contributed by atoms with Crippen LogP contribution in [0.4, 0.5) is 0 Å². The maximum Gasteiger partial charge on any atom is 0.123 e. The van der Waals surface area contributed by atoms with Crippen LogP contribution < -0.4 is 10.5 Å². The lowest BCUT2D eigenvalue weighted by molar-refractivity contribution is 0.197. The van der Waals surface area contributed by atoms with Gasteiger partial charge in [0, 0.05) is 18.2 Å². The Kier molecular flexibility index (Phi) is 5.44. The van der Waals surface area contributed by atoms with Gasteiger partial charge in [-0.1, -0.05) is 38.5 Å². The number of para-hydroxylation sites is 1. The van der Waals surface area contributed by atoms with E-state index >= 15 is 0 Å². The first-order valence-corrected chi connectivity index (χ1v) is 7.83. The SMILES string of the molecule is CCC1CCN(C(c2ccccc2OC)C(N)CC)C1. The highest BCUT2D eigenvalue weighted by molar-refractivity contribution is 5.37. The van der Waals surface area contributed by atoms with Gasteiger partial charge in [0.25, 0.3) is 0 Å². The summed E-state index contributed by atoms with van der Waals surface area (Å²) in [6.45, 7) is 6.76. The fourth-order valence-corrected chi connectivity index (χ4v) is 3.28. The molecule has 3 heteroatoms. The molecule has 2 rings (SSSR count). The van der Waals surface area contributed by atoms with Gasteiger partial charge in [0.05, 0.1) is 13.2 Å². The third-order valence-corrected chi connectivity index (χ3v) is 4.62. The van der Waals surface area contributed by atoms with Crippen LogP contribution in [0, 0.1) is 5.92 Å². The number of hydrogen-bond donors (Lipinski definition) is 1. The molecule has 0 bridgehead atoms. The average molecular weight is 276 g/mol.